The number of aromatic hydroxyl groups is 1. The average Bonchev–Trinajstić information content (AvgIpc) is 3.18. The van der Waals surface area contributed by atoms with E-state index in [0.29, 0.717) is 62.7 Å². The monoisotopic (exact) mass is 730 g/mol. The van der Waals surface area contributed by atoms with E-state index in [4.69, 9.17) is 51.5 Å². The highest BCUT2D eigenvalue weighted by molar-refractivity contribution is 5.91. The van der Waals surface area contributed by atoms with Gasteiger partial charge in [-0.1, -0.05) is 0 Å². The van der Waals surface area contributed by atoms with Gasteiger partial charge in [-0.05, 0) is 36.4 Å². The average molecular weight is 731 g/mol. The molecule has 0 unspecified atom stereocenters. The standard InChI is InChI=1S/C20H20O7.C19H18O7/c1-22-13-7-6-11(8-15(13)23-2)14-9-12(21)18-16(27-14)10-17(24-3)19(25-4)20(18)26-5;1-22-12-6-5-10(7-14(12)23-2)13-8-11(20)17-15(26-13)9-16(24-3)19(25-4)18(17)21/h6-10H,1-5H3;5-9,21H,1-4H3. The van der Waals surface area contributed by atoms with Crippen molar-refractivity contribution >= 4 is 21.9 Å². The molecule has 0 fully saturated rings. The number of phenols is 1. The summed E-state index contributed by atoms with van der Waals surface area (Å²) in [5.74, 6) is 3.86. The van der Waals surface area contributed by atoms with E-state index in [9.17, 15) is 14.7 Å². The van der Waals surface area contributed by atoms with E-state index in [0.717, 1.165) is 0 Å². The summed E-state index contributed by atoms with van der Waals surface area (Å²) in [7, 11) is 13.4. The van der Waals surface area contributed by atoms with E-state index >= 15 is 0 Å². The van der Waals surface area contributed by atoms with Crippen LogP contribution in [0, 0.1) is 0 Å². The second-order valence-corrected chi connectivity index (χ2v) is 10.9. The van der Waals surface area contributed by atoms with Crippen LogP contribution < -0.4 is 53.5 Å². The van der Waals surface area contributed by atoms with Crippen LogP contribution in [0.15, 0.2) is 79.1 Å². The van der Waals surface area contributed by atoms with Crippen LogP contribution in [0.3, 0.4) is 0 Å². The van der Waals surface area contributed by atoms with Crippen molar-refractivity contribution in [1.29, 1.82) is 0 Å². The molecule has 0 saturated carbocycles. The highest BCUT2D eigenvalue weighted by atomic mass is 16.5. The van der Waals surface area contributed by atoms with E-state index in [1.54, 1.807) is 56.7 Å². The van der Waals surface area contributed by atoms with Crippen molar-refractivity contribution in [1.82, 2.24) is 0 Å². The number of rotatable bonds is 11. The molecule has 14 nitrogen and oxygen atoms in total. The van der Waals surface area contributed by atoms with Gasteiger partial charge in [0.2, 0.25) is 11.5 Å². The molecule has 0 aliphatic rings. The molecule has 0 amide bonds. The lowest BCUT2D eigenvalue weighted by atomic mass is 10.1. The lowest BCUT2D eigenvalue weighted by Crippen LogP contribution is -2.05. The van der Waals surface area contributed by atoms with Crippen LogP contribution in [-0.2, 0) is 0 Å². The van der Waals surface area contributed by atoms with Gasteiger partial charge in [-0.25, -0.2) is 0 Å². The third-order valence-corrected chi connectivity index (χ3v) is 8.20. The molecule has 0 bridgehead atoms. The second-order valence-electron chi connectivity index (χ2n) is 10.9. The molecule has 0 spiro atoms. The quantitative estimate of drug-likeness (QED) is 0.150. The van der Waals surface area contributed by atoms with Gasteiger partial charge >= 0.3 is 0 Å². The zero-order valence-electron chi connectivity index (χ0n) is 30.5. The summed E-state index contributed by atoms with van der Waals surface area (Å²) >= 11 is 0. The maximum Gasteiger partial charge on any atom is 0.204 e. The van der Waals surface area contributed by atoms with Crippen molar-refractivity contribution in [3.05, 3.63) is 81.1 Å². The van der Waals surface area contributed by atoms with Gasteiger partial charge in [-0.2, -0.15) is 0 Å². The zero-order chi connectivity index (χ0) is 38.4. The van der Waals surface area contributed by atoms with Crippen molar-refractivity contribution in [2.75, 3.05) is 64.0 Å². The van der Waals surface area contributed by atoms with Crippen LogP contribution in [-0.4, -0.2) is 69.1 Å². The highest BCUT2D eigenvalue weighted by Gasteiger charge is 2.22. The molecule has 0 saturated heterocycles. The molecule has 278 valence electrons. The first kappa shape index (κ1) is 37.6. The number of benzene rings is 4. The van der Waals surface area contributed by atoms with Crippen molar-refractivity contribution < 1.29 is 56.6 Å². The predicted molar refractivity (Wildman–Crippen MR) is 196 cm³/mol. The number of hydrogen-bond acceptors (Lipinski definition) is 14. The normalized spacial score (nSPS) is 10.6. The van der Waals surface area contributed by atoms with Crippen LogP contribution >= 0.6 is 0 Å². The van der Waals surface area contributed by atoms with Crippen LogP contribution in [0.25, 0.3) is 44.6 Å². The van der Waals surface area contributed by atoms with E-state index in [1.807, 2.05) is 0 Å². The first-order valence-electron chi connectivity index (χ1n) is 15.7. The maximum absolute atomic E-state index is 12.8. The van der Waals surface area contributed by atoms with E-state index in [2.05, 4.69) is 0 Å². The van der Waals surface area contributed by atoms with Crippen LogP contribution in [0.4, 0.5) is 0 Å². The van der Waals surface area contributed by atoms with Gasteiger partial charge in [0.25, 0.3) is 0 Å². The Morgan fingerprint density at radius 2 is 0.811 bits per heavy atom. The zero-order valence-corrected chi connectivity index (χ0v) is 30.5. The summed E-state index contributed by atoms with van der Waals surface area (Å²) in [6.07, 6.45) is 0. The highest BCUT2D eigenvalue weighted by Crippen LogP contribution is 2.44. The van der Waals surface area contributed by atoms with Gasteiger partial charge in [0, 0.05) is 35.4 Å². The SMILES string of the molecule is COc1ccc(-c2cc(=O)c3c(O)c(OC)c(OC)cc3o2)cc1OC.COc1ccc(-c2cc(=O)c3c(OC)c(OC)c(OC)cc3o2)cc1OC. The second kappa shape index (κ2) is 16.1. The van der Waals surface area contributed by atoms with Gasteiger partial charge in [-0.3, -0.25) is 9.59 Å². The first-order chi connectivity index (χ1) is 25.6. The van der Waals surface area contributed by atoms with E-state index in [1.165, 1.54) is 68.0 Å². The molecule has 2 aromatic heterocycles. The summed E-state index contributed by atoms with van der Waals surface area (Å²) in [5, 5.41) is 10.7. The summed E-state index contributed by atoms with van der Waals surface area (Å²) in [6, 6.07) is 16.2. The Morgan fingerprint density at radius 1 is 0.415 bits per heavy atom. The molecular formula is C39H38O14. The number of phenolic OH excluding ortho intramolecular Hbond substituents is 1. The number of methoxy groups -OCH3 is 9. The molecule has 0 aliphatic carbocycles. The summed E-state index contributed by atoms with van der Waals surface area (Å²) in [4.78, 5) is 25.4. The van der Waals surface area contributed by atoms with Gasteiger partial charge in [0.05, 0.1) is 64.0 Å². The largest absolute Gasteiger partial charge is 0.504 e. The molecule has 6 aromatic rings. The Kier molecular flexibility index (Phi) is 11.4. The fraction of sp³-hybridized carbons (Fsp3) is 0.231. The van der Waals surface area contributed by atoms with Crippen LogP contribution in [0.5, 0.6) is 57.5 Å². The molecule has 4 aromatic carbocycles. The molecule has 0 atom stereocenters. The predicted octanol–water partition coefficient (Wildman–Crippen LogP) is 6.70. The van der Waals surface area contributed by atoms with E-state index < -0.39 is 5.43 Å². The minimum Gasteiger partial charge on any atom is -0.504 e. The molecular weight excluding hydrogens is 692 g/mol. The Bertz CT molecular complexity index is 2390. The first-order valence-corrected chi connectivity index (χ1v) is 15.7. The molecule has 1 N–H and O–H groups in total. The third-order valence-electron chi connectivity index (χ3n) is 8.20. The van der Waals surface area contributed by atoms with Crippen molar-refractivity contribution in [2.24, 2.45) is 0 Å². The Morgan fingerprint density at radius 3 is 1.23 bits per heavy atom. The lowest BCUT2D eigenvalue weighted by molar-refractivity contribution is 0.326. The maximum atomic E-state index is 12.8. The number of ether oxygens (including phenoxy) is 9. The fourth-order valence-corrected chi connectivity index (χ4v) is 5.66. The smallest absolute Gasteiger partial charge is 0.204 e. The summed E-state index contributed by atoms with van der Waals surface area (Å²) in [6.45, 7) is 0. The topological polar surface area (TPSA) is 164 Å². The number of fused-ring (bicyclic) bond motifs is 2. The Labute approximate surface area is 303 Å². The molecule has 0 aliphatic heterocycles. The molecule has 53 heavy (non-hydrogen) atoms. The Balaban J connectivity index is 0.000000204. The van der Waals surface area contributed by atoms with Crippen molar-refractivity contribution in [2.45, 2.75) is 0 Å². The molecule has 14 heteroatoms. The lowest BCUT2D eigenvalue weighted by Gasteiger charge is -2.14. The minimum atomic E-state index is -0.408. The van der Waals surface area contributed by atoms with Gasteiger partial charge in [0.1, 0.15) is 33.5 Å². The van der Waals surface area contributed by atoms with Crippen LogP contribution in [0.2, 0.25) is 0 Å². The third kappa shape index (κ3) is 7.11. The number of hydrogen-bond donors (Lipinski definition) is 1. The molecule has 0 radical (unpaired) electrons. The van der Waals surface area contributed by atoms with Gasteiger partial charge in [0.15, 0.2) is 56.9 Å². The van der Waals surface area contributed by atoms with E-state index in [-0.39, 0.29) is 44.8 Å². The molecule has 6 rings (SSSR count). The van der Waals surface area contributed by atoms with Gasteiger partial charge in [-0.15, -0.1) is 0 Å². The van der Waals surface area contributed by atoms with Crippen molar-refractivity contribution in [3.8, 4) is 80.1 Å². The van der Waals surface area contributed by atoms with Crippen LogP contribution in [0.1, 0.15) is 0 Å². The minimum absolute atomic E-state index is 0.0203. The Hall–Kier alpha value is -6.70. The fourth-order valence-electron chi connectivity index (χ4n) is 5.66. The van der Waals surface area contributed by atoms with Crippen molar-refractivity contribution in [3.63, 3.8) is 0 Å². The summed E-state index contributed by atoms with van der Waals surface area (Å²) < 4.78 is 59.2. The van der Waals surface area contributed by atoms with Gasteiger partial charge < -0.3 is 56.6 Å². The summed E-state index contributed by atoms with van der Waals surface area (Å²) in [5.41, 5.74) is 1.11. The molecule has 2 heterocycles.